The molecule has 0 unspecified atom stereocenters. The van der Waals surface area contributed by atoms with Gasteiger partial charge in [-0.3, -0.25) is 14.4 Å². The van der Waals surface area contributed by atoms with Gasteiger partial charge in [-0.15, -0.1) is 0 Å². The molecular formula is C20H19NO7. The van der Waals surface area contributed by atoms with E-state index in [4.69, 9.17) is 13.6 Å². The zero-order valence-electron chi connectivity index (χ0n) is 15.7. The maximum Gasteiger partial charge on any atom is 0.325 e. The second kappa shape index (κ2) is 7.99. The number of amides is 1. The molecule has 3 aromatic rings. The number of rotatable bonds is 6. The molecule has 0 radical (unpaired) electrons. The summed E-state index contributed by atoms with van der Waals surface area (Å²) in [6.45, 7) is 1.38. The number of hydrogen-bond acceptors (Lipinski definition) is 7. The first-order valence-corrected chi connectivity index (χ1v) is 8.47. The van der Waals surface area contributed by atoms with Gasteiger partial charge in [-0.2, -0.15) is 0 Å². The first kappa shape index (κ1) is 19.2. The summed E-state index contributed by atoms with van der Waals surface area (Å²) in [6.07, 6.45) is -0.141. The molecule has 0 fully saturated rings. The van der Waals surface area contributed by atoms with E-state index >= 15 is 0 Å². The molecule has 0 bridgehead atoms. The van der Waals surface area contributed by atoms with Gasteiger partial charge in [0.25, 0.3) is 0 Å². The van der Waals surface area contributed by atoms with Gasteiger partial charge in [0.2, 0.25) is 16.9 Å². The Kier molecular flexibility index (Phi) is 5.49. The third-order valence-electron chi connectivity index (χ3n) is 4.13. The summed E-state index contributed by atoms with van der Waals surface area (Å²) in [6, 6.07) is 8.31. The van der Waals surface area contributed by atoms with Crippen LogP contribution < -0.4 is 15.5 Å². The van der Waals surface area contributed by atoms with E-state index in [1.807, 2.05) is 0 Å². The molecule has 0 aliphatic rings. The van der Waals surface area contributed by atoms with Crippen molar-refractivity contribution in [3.63, 3.8) is 0 Å². The fourth-order valence-corrected chi connectivity index (χ4v) is 2.76. The molecule has 3 rings (SSSR count). The van der Waals surface area contributed by atoms with Crippen molar-refractivity contribution in [1.82, 2.24) is 5.32 Å². The van der Waals surface area contributed by atoms with Crippen molar-refractivity contribution < 1.29 is 27.9 Å². The highest BCUT2D eigenvalue weighted by molar-refractivity contribution is 5.91. The maximum atomic E-state index is 12.3. The first-order chi connectivity index (χ1) is 13.4. The molecule has 0 saturated carbocycles. The topological polar surface area (TPSA) is 108 Å². The number of aryl methyl sites for hydroxylation is 1. The normalized spacial score (nSPS) is 10.7. The van der Waals surface area contributed by atoms with Crippen LogP contribution in [0.1, 0.15) is 11.3 Å². The van der Waals surface area contributed by atoms with Crippen molar-refractivity contribution in [2.45, 2.75) is 13.3 Å². The summed E-state index contributed by atoms with van der Waals surface area (Å²) in [4.78, 5) is 35.9. The number of fused-ring (bicyclic) bond motifs is 1. The van der Waals surface area contributed by atoms with Crippen LogP contribution in [-0.4, -0.2) is 32.6 Å². The first-order valence-electron chi connectivity index (χ1n) is 8.47. The fourth-order valence-electron chi connectivity index (χ4n) is 2.76. The predicted octanol–water partition coefficient (Wildman–Crippen LogP) is 2.20. The van der Waals surface area contributed by atoms with Crippen molar-refractivity contribution in [2.75, 3.05) is 20.8 Å². The minimum Gasteiger partial charge on any atom is -0.497 e. The van der Waals surface area contributed by atoms with Crippen LogP contribution in [0.5, 0.6) is 5.75 Å². The molecule has 0 spiro atoms. The number of nitrogens with one attached hydrogen (secondary N) is 1. The summed E-state index contributed by atoms with van der Waals surface area (Å²) in [5, 5.41) is 2.47. The average molecular weight is 385 g/mol. The standard InChI is InChI=1S/C20H19NO7/c1-11-8-15(22)20-19(27-11)14(9-16(23)21-10-17(24)26-3)18(28-20)12-4-6-13(25-2)7-5-12/h4-8H,9-10H2,1-3H3,(H,21,23). The highest BCUT2D eigenvalue weighted by atomic mass is 16.5. The Bertz CT molecular complexity index is 1080. The van der Waals surface area contributed by atoms with Crippen LogP contribution in [0.3, 0.4) is 0 Å². The van der Waals surface area contributed by atoms with Crippen LogP contribution in [0, 0.1) is 6.92 Å². The molecule has 0 saturated heterocycles. The minimum atomic E-state index is -0.567. The number of methoxy groups -OCH3 is 2. The van der Waals surface area contributed by atoms with Gasteiger partial charge in [0.05, 0.1) is 26.2 Å². The maximum absolute atomic E-state index is 12.3. The third-order valence-corrected chi connectivity index (χ3v) is 4.13. The number of carbonyl (C=O) groups excluding carboxylic acids is 2. The summed E-state index contributed by atoms with van der Waals surface area (Å²) in [7, 11) is 2.79. The summed E-state index contributed by atoms with van der Waals surface area (Å²) in [5.74, 6) is 0.394. The van der Waals surface area contributed by atoms with Gasteiger partial charge >= 0.3 is 5.97 Å². The molecular weight excluding hydrogens is 366 g/mol. The molecule has 8 nitrogen and oxygen atoms in total. The Balaban J connectivity index is 2.05. The summed E-state index contributed by atoms with van der Waals surface area (Å²) >= 11 is 0. The fraction of sp³-hybridized carbons (Fsp3) is 0.250. The smallest absolute Gasteiger partial charge is 0.325 e. The van der Waals surface area contributed by atoms with Crippen molar-refractivity contribution >= 4 is 23.0 Å². The van der Waals surface area contributed by atoms with E-state index in [0.29, 0.717) is 28.4 Å². The van der Waals surface area contributed by atoms with Crippen molar-refractivity contribution in [3.05, 3.63) is 51.9 Å². The largest absolute Gasteiger partial charge is 0.497 e. The quantitative estimate of drug-likeness (QED) is 0.648. The van der Waals surface area contributed by atoms with Crippen LogP contribution in [0.2, 0.25) is 0 Å². The Morgan fingerprint density at radius 1 is 1.07 bits per heavy atom. The number of hydrogen-bond donors (Lipinski definition) is 1. The number of benzene rings is 1. The van der Waals surface area contributed by atoms with Gasteiger partial charge in [-0.05, 0) is 31.2 Å². The lowest BCUT2D eigenvalue weighted by Gasteiger charge is -2.06. The van der Waals surface area contributed by atoms with E-state index < -0.39 is 11.9 Å². The van der Waals surface area contributed by atoms with Crippen LogP contribution in [0.15, 0.2) is 44.0 Å². The molecule has 28 heavy (non-hydrogen) atoms. The van der Waals surface area contributed by atoms with Gasteiger partial charge in [-0.1, -0.05) is 0 Å². The van der Waals surface area contributed by atoms with Crippen LogP contribution in [0.25, 0.3) is 22.5 Å². The van der Waals surface area contributed by atoms with Gasteiger partial charge in [0.1, 0.15) is 23.8 Å². The molecule has 2 aromatic heterocycles. The van der Waals surface area contributed by atoms with Gasteiger partial charge < -0.3 is 23.6 Å². The number of esters is 1. The monoisotopic (exact) mass is 385 g/mol. The zero-order valence-corrected chi connectivity index (χ0v) is 15.7. The molecule has 0 atom stereocenters. The number of carbonyl (C=O) groups is 2. The predicted molar refractivity (Wildman–Crippen MR) is 100 cm³/mol. The second-order valence-corrected chi connectivity index (χ2v) is 6.05. The number of furan rings is 1. The SMILES string of the molecule is COC(=O)CNC(=O)Cc1c(-c2ccc(OC)cc2)oc2c(=O)cc(C)oc12. The van der Waals surface area contributed by atoms with Crippen molar-refractivity contribution in [2.24, 2.45) is 0 Å². The Morgan fingerprint density at radius 3 is 2.43 bits per heavy atom. The van der Waals surface area contributed by atoms with Crippen molar-refractivity contribution in [3.8, 4) is 17.1 Å². The molecule has 146 valence electrons. The molecule has 2 heterocycles. The summed E-state index contributed by atoms with van der Waals surface area (Å²) in [5.41, 5.74) is 0.981. The van der Waals surface area contributed by atoms with E-state index in [1.165, 1.54) is 13.2 Å². The van der Waals surface area contributed by atoms with E-state index in [1.54, 1.807) is 38.3 Å². The van der Waals surface area contributed by atoms with Crippen LogP contribution >= 0.6 is 0 Å². The lowest BCUT2D eigenvalue weighted by Crippen LogP contribution is -2.31. The molecule has 1 N–H and O–H groups in total. The third kappa shape index (κ3) is 3.90. The van der Waals surface area contributed by atoms with Gasteiger partial charge in [0, 0.05) is 11.6 Å². The van der Waals surface area contributed by atoms with E-state index in [-0.39, 0.29) is 29.6 Å². The highest BCUT2D eigenvalue weighted by Crippen LogP contribution is 2.34. The Hall–Kier alpha value is -3.55. The Morgan fingerprint density at radius 2 is 1.79 bits per heavy atom. The van der Waals surface area contributed by atoms with E-state index in [0.717, 1.165) is 0 Å². The second-order valence-electron chi connectivity index (χ2n) is 6.05. The van der Waals surface area contributed by atoms with Crippen molar-refractivity contribution in [1.29, 1.82) is 0 Å². The molecule has 1 aromatic carbocycles. The van der Waals surface area contributed by atoms with Gasteiger partial charge in [0.15, 0.2) is 5.58 Å². The zero-order chi connectivity index (χ0) is 20.3. The van der Waals surface area contributed by atoms with Crippen LogP contribution in [0.4, 0.5) is 0 Å². The van der Waals surface area contributed by atoms with E-state index in [9.17, 15) is 14.4 Å². The van der Waals surface area contributed by atoms with Gasteiger partial charge in [-0.25, -0.2) is 0 Å². The van der Waals surface area contributed by atoms with E-state index in [2.05, 4.69) is 10.1 Å². The summed E-state index contributed by atoms with van der Waals surface area (Å²) < 4.78 is 21.1. The number of ether oxygens (including phenoxy) is 2. The highest BCUT2D eigenvalue weighted by Gasteiger charge is 2.23. The molecule has 8 heteroatoms. The molecule has 1 amide bonds. The van der Waals surface area contributed by atoms with Crippen LogP contribution in [-0.2, 0) is 20.7 Å². The molecule has 0 aliphatic heterocycles. The molecule has 0 aliphatic carbocycles. The average Bonchev–Trinajstić information content (AvgIpc) is 3.04. The lowest BCUT2D eigenvalue weighted by atomic mass is 10.1. The minimum absolute atomic E-state index is 0.0344. The lowest BCUT2D eigenvalue weighted by molar-refractivity contribution is -0.141. The Labute approximate surface area is 160 Å².